The summed E-state index contributed by atoms with van der Waals surface area (Å²) in [6, 6.07) is 59.4. The van der Waals surface area contributed by atoms with Gasteiger partial charge in [-0.15, -0.1) is 0 Å². The molecule has 0 N–H and O–H groups in total. The Morgan fingerprint density at radius 1 is 0.540 bits per heavy atom. The van der Waals surface area contributed by atoms with Gasteiger partial charge in [0.15, 0.2) is 0 Å². The van der Waals surface area contributed by atoms with Crippen molar-refractivity contribution >= 4 is 62.1 Å². The third-order valence-corrected chi connectivity index (χ3v) is 15.1. The number of anilines is 6. The summed E-state index contributed by atoms with van der Waals surface area (Å²) >= 11 is 0. The zero-order valence-corrected chi connectivity index (χ0v) is 37.1. The van der Waals surface area contributed by atoms with E-state index in [9.17, 15) is 0 Å². The van der Waals surface area contributed by atoms with Crippen LogP contribution < -0.4 is 9.80 Å². The van der Waals surface area contributed by atoms with Crippen LogP contribution in [0.1, 0.15) is 91.7 Å². The number of benzene rings is 7. The SMILES string of the molecule is C=Cc1ccc(C23CC4CC(C2)CC(c2ccc(N(c5ccc(CCCC)cc5)c5ccc6oc7ccc(N(c8ccc(C)cc8)c8ccc(C)cc8)cc7c6c5)cc2)(C4)C3)cc1. The lowest BCUT2D eigenvalue weighted by Gasteiger charge is -2.63. The molecule has 314 valence electrons. The third kappa shape index (κ3) is 7.16. The van der Waals surface area contributed by atoms with E-state index >= 15 is 0 Å². The highest BCUT2D eigenvalue weighted by Crippen LogP contribution is 2.66. The van der Waals surface area contributed by atoms with Gasteiger partial charge < -0.3 is 14.2 Å². The summed E-state index contributed by atoms with van der Waals surface area (Å²) in [5.74, 6) is 1.59. The van der Waals surface area contributed by atoms with Crippen LogP contribution in [0.15, 0.2) is 169 Å². The molecular weight excluding hydrogens is 765 g/mol. The molecule has 0 radical (unpaired) electrons. The van der Waals surface area contributed by atoms with Gasteiger partial charge in [0.1, 0.15) is 11.2 Å². The predicted octanol–water partition coefficient (Wildman–Crippen LogP) is 16.9. The lowest BCUT2D eigenvalue weighted by molar-refractivity contribution is -0.0281. The Hall–Kier alpha value is -6.32. The third-order valence-electron chi connectivity index (χ3n) is 15.1. The van der Waals surface area contributed by atoms with Gasteiger partial charge >= 0.3 is 0 Å². The topological polar surface area (TPSA) is 19.6 Å². The Kier molecular flexibility index (Phi) is 9.91. The molecule has 3 heteroatoms. The van der Waals surface area contributed by atoms with Crippen LogP contribution in [0.3, 0.4) is 0 Å². The lowest BCUT2D eigenvalue weighted by atomic mass is 9.42. The van der Waals surface area contributed by atoms with Crippen LogP contribution in [0.4, 0.5) is 34.1 Å². The summed E-state index contributed by atoms with van der Waals surface area (Å²) in [6.45, 7) is 10.6. The maximum absolute atomic E-state index is 6.57. The quantitative estimate of drug-likeness (QED) is 0.122. The molecule has 4 bridgehead atoms. The number of fused-ring (bicyclic) bond motifs is 3. The molecule has 8 aromatic rings. The summed E-state index contributed by atoms with van der Waals surface area (Å²) in [4.78, 5) is 4.79. The van der Waals surface area contributed by atoms with E-state index in [4.69, 9.17) is 4.42 Å². The molecular formula is C60H58N2O. The van der Waals surface area contributed by atoms with E-state index in [-0.39, 0.29) is 10.8 Å². The average Bonchev–Trinajstić information content (AvgIpc) is 3.67. The van der Waals surface area contributed by atoms with Crippen molar-refractivity contribution in [3.63, 3.8) is 0 Å². The van der Waals surface area contributed by atoms with Crippen LogP contribution in [0, 0.1) is 25.7 Å². The molecule has 3 nitrogen and oxygen atoms in total. The summed E-state index contributed by atoms with van der Waals surface area (Å²) in [6.07, 6.45) is 13.4. The second kappa shape index (κ2) is 15.8. The van der Waals surface area contributed by atoms with Crippen LogP contribution in [-0.2, 0) is 17.3 Å². The van der Waals surface area contributed by atoms with Crippen LogP contribution in [0.5, 0.6) is 0 Å². The van der Waals surface area contributed by atoms with Gasteiger partial charge in [-0.25, -0.2) is 0 Å². The summed E-state index contributed by atoms with van der Waals surface area (Å²) in [5.41, 5.74) is 17.2. The van der Waals surface area contributed by atoms with E-state index in [1.807, 2.05) is 6.08 Å². The van der Waals surface area contributed by atoms with Gasteiger partial charge in [-0.3, -0.25) is 0 Å². The first-order valence-electron chi connectivity index (χ1n) is 23.4. The number of furan rings is 1. The van der Waals surface area contributed by atoms with Crippen LogP contribution in [-0.4, -0.2) is 0 Å². The Morgan fingerprint density at radius 2 is 0.952 bits per heavy atom. The molecule has 0 saturated heterocycles. The van der Waals surface area contributed by atoms with Crippen molar-refractivity contribution in [2.75, 3.05) is 9.80 Å². The van der Waals surface area contributed by atoms with Gasteiger partial charge in [-0.1, -0.05) is 110 Å². The molecule has 1 aromatic heterocycles. The van der Waals surface area contributed by atoms with Crippen molar-refractivity contribution in [1.29, 1.82) is 0 Å². The molecule has 0 amide bonds. The van der Waals surface area contributed by atoms with E-state index in [0.29, 0.717) is 0 Å². The Morgan fingerprint density at radius 3 is 1.40 bits per heavy atom. The minimum Gasteiger partial charge on any atom is -0.456 e. The van der Waals surface area contributed by atoms with Gasteiger partial charge in [0.2, 0.25) is 0 Å². The van der Waals surface area contributed by atoms with Gasteiger partial charge in [0.05, 0.1) is 0 Å². The summed E-state index contributed by atoms with van der Waals surface area (Å²) in [5, 5.41) is 2.21. The monoisotopic (exact) mass is 822 g/mol. The largest absolute Gasteiger partial charge is 0.456 e. The van der Waals surface area contributed by atoms with E-state index < -0.39 is 0 Å². The molecule has 4 saturated carbocycles. The van der Waals surface area contributed by atoms with E-state index in [0.717, 1.165) is 68.6 Å². The number of unbranched alkanes of at least 4 members (excludes halogenated alkanes) is 1. The molecule has 7 aromatic carbocycles. The fraction of sp³-hybridized carbons (Fsp3) is 0.267. The number of nitrogens with zero attached hydrogens (tertiary/aromatic N) is 2. The highest BCUT2D eigenvalue weighted by molar-refractivity contribution is 6.08. The van der Waals surface area contributed by atoms with Crippen molar-refractivity contribution < 1.29 is 4.42 Å². The van der Waals surface area contributed by atoms with Crippen molar-refractivity contribution in [2.24, 2.45) is 11.8 Å². The second-order valence-electron chi connectivity index (χ2n) is 19.5. The maximum Gasteiger partial charge on any atom is 0.135 e. The lowest BCUT2D eigenvalue weighted by Crippen LogP contribution is -2.55. The first-order chi connectivity index (χ1) is 30.8. The second-order valence-corrected chi connectivity index (χ2v) is 19.5. The zero-order valence-electron chi connectivity index (χ0n) is 37.1. The molecule has 0 aliphatic heterocycles. The fourth-order valence-corrected chi connectivity index (χ4v) is 12.4. The van der Waals surface area contributed by atoms with Crippen molar-refractivity contribution in [2.45, 2.75) is 89.4 Å². The highest BCUT2D eigenvalue weighted by Gasteiger charge is 2.58. The van der Waals surface area contributed by atoms with Gasteiger partial charge in [-0.05, 0) is 195 Å². The predicted molar refractivity (Wildman–Crippen MR) is 266 cm³/mol. The fourth-order valence-electron chi connectivity index (χ4n) is 12.4. The van der Waals surface area contributed by atoms with Gasteiger partial charge in [0.25, 0.3) is 0 Å². The van der Waals surface area contributed by atoms with Crippen LogP contribution in [0.2, 0.25) is 0 Å². The standard InChI is InChI=1S/C60H58N2O/c1-5-7-8-44-15-25-51(26-16-44)62(52-27-19-48(20-28-52)60-38-45-33-46(39-60)37-59(36-45,40-60)47-17-13-43(6-2)14-18-47)54-30-32-58-56(35-54)55-34-53(29-31-57(55)63-58)61(49-21-9-41(3)10-22-49)50-23-11-42(4)12-24-50/h6,9-32,34-35,45-46H,2,5,7-8,33,36-40H2,1,3-4H3. The molecule has 4 fully saturated rings. The van der Waals surface area contributed by atoms with Crippen LogP contribution in [0.25, 0.3) is 28.0 Å². The van der Waals surface area contributed by atoms with E-state index in [1.54, 1.807) is 5.56 Å². The number of hydrogen-bond donors (Lipinski definition) is 0. The maximum atomic E-state index is 6.57. The van der Waals surface area contributed by atoms with Crippen molar-refractivity contribution in [3.8, 4) is 0 Å². The number of rotatable bonds is 12. The average molecular weight is 823 g/mol. The molecule has 4 aliphatic carbocycles. The normalized spacial score (nSPS) is 21.3. The summed E-state index contributed by atoms with van der Waals surface area (Å²) < 4.78 is 6.57. The molecule has 4 aliphatic rings. The Balaban J connectivity index is 0.986. The minimum absolute atomic E-state index is 0.225. The number of aryl methyl sites for hydroxylation is 3. The van der Waals surface area contributed by atoms with E-state index in [2.05, 4.69) is 195 Å². The molecule has 2 unspecified atom stereocenters. The minimum atomic E-state index is 0.225. The first-order valence-corrected chi connectivity index (χ1v) is 23.4. The molecule has 1 heterocycles. The first kappa shape index (κ1) is 39.5. The Labute approximate surface area is 373 Å². The van der Waals surface area contributed by atoms with Crippen LogP contribution >= 0.6 is 0 Å². The Bertz CT molecular complexity index is 2860. The molecule has 2 atom stereocenters. The molecule has 0 spiro atoms. The summed E-state index contributed by atoms with van der Waals surface area (Å²) in [7, 11) is 0. The smallest absolute Gasteiger partial charge is 0.135 e. The van der Waals surface area contributed by atoms with Gasteiger partial charge in [0, 0.05) is 44.9 Å². The molecule has 63 heavy (non-hydrogen) atoms. The van der Waals surface area contributed by atoms with E-state index in [1.165, 1.54) is 84.9 Å². The number of hydrogen-bond acceptors (Lipinski definition) is 3. The van der Waals surface area contributed by atoms with Gasteiger partial charge in [-0.2, -0.15) is 0 Å². The molecule has 12 rings (SSSR count). The van der Waals surface area contributed by atoms with Crippen molar-refractivity contribution in [1.82, 2.24) is 0 Å². The highest BCUT2D eigenvalue weighted by atomic mass is 16.3. The zero-order chi connectivity index (χ0) is 42.7. The van der Waals surface area contributed by atoms with Crippen molar-refractivity contribution in [3.05, 3.63) is 198 Å².